The Morgan fingerprint density at radius 1 is 0.519 bits per heavy atom. The zero-order valence-electron chi connectivity index (χ0n) is 29.8. The monoisotopic (exact) mass is 775 g/mol. The van der Waals surface area contributed by atoms with Gasteiger partial charge in [-0.1, -0.05) is 45.8 Å². The third kappa shape index (κ3) is 15.5. The second-order valence-corrected chi connectivity index (χ2v) is 10.5. The van der Waals surface area contributed by atoms with Gasteiger partial charge in [0.15, 0.2) is 17.4 Å². The fourth-order valence-corrected chi connectivity index (χ4v) is 4.03. The highest BCUT2D eigenvalue weighted by molar-refractivity contribution is 6.00. The molecule has 0 amide bonds. The maximum Gasteiger partial charge on any atom is 0.417 e. The molecule has 0 heterocycles. The number of halogens is 10. The molecule has 0 unspecified atom stereocenters. The van der Waals surface area contributed by atoms with Crippen LogP contribution in [-0.2, 0) is 26.9 Å². The normalized spacial score (nSPS) is 11.8. The van der Waals surface area contributed by atoms with E-state index in [2.05, 4.69) is 30.0 Å². The maximum atomic E-state index is 12.7. The highest BCUT2D eigenvalue weighted by Crippen LogP contribution is 2.32. The van der Waals surface area contributed by atoms with E-state index in [4.69, 9.17) is 0 Å². The Hall–Kier alpha value is -5.74. The summed E-state index contributed by atoms with van der Waals surface area (Å²) < 4.78 is 125. The Morgan fingerprint density at radius 3 is 1.54 bits per heavy atom. The van der Waals surface area contributed by atoms with Crippen molar-refractivity contribution in [3.8, 4) is 0 Å². The van der Waals surface area contributed by atoms with Crippen molar-refractivity contribution in [1.29, 1.82) is 0 Å². The van der Waals surface area contributed by atoms with E-state index in [0.717, 1.165) is 42.5 Å². The molecule has 0 fully saturated rings. The van der Waals surface area contributed by atoms with Crippen LogP contribution < -0.4 is 0 Å². The van der Waals surface area contributed by atoms with Crippen molar-refractivity contribution in [2.75, 3.05) is 21.3 Å². The third-order valence-corrected chi connectivity index (χ3v) is 6.56. The van der Waals surface area contributed by atoms with Gasteiger partial charge in [0.05, 0.1) is 33.8 Å². The van der Waals surface area contributed by atoms with E-state index in [1.165, 1.54) is 65.5 Å². The van der Waals surface area contributed by atoms with Crippen molar-refractivity contribution in [3.63, 3.8) is 0 Å². The molecule has 54 heavy (non-hydrogen) atoms. The lowest BCUT2D eigenvalue weighted by molar-refractivity contribution is -0.138. The van der Waals surface area contributed by atoms with Crippen molar-refractivity contribution in [3.05, 3.63) is 142 Å². The van der Waals surface area contributed by atoms with Crippen molar-refractivity contribution in [2.45, 2.75) is 40.0 Å². The van der Waals surface area contributed by atoms with Crippen LogP contribution in [0.15, 0.2) is 100 Å². The Balaban J connectivity index is 0.000000362. The van der Waals surface area contributed by atoms with E-state index in [1.54, 1.807) is 19.9 Å². The lowest BCUT2D eigenvalue weighted by atomic mass is 10.0. The van der Waals surface area contributed by atoms with Gasteiger partial charge < -0.3 is 14.5 Å². The number of hydrogen-bond acceptors (Lipinski definition) is 7. The molecular weight excluding hydrogens is 740 g/mol. The molecule has 0 N–H and O–H groups in total. The summed E-state index contributed by atoms with van der Waals surface area (Å²) in [5.74, 6) is -3.63. The van der Waals surface area contributed by atoms with Gasteiger partial charge in [-0.25, -0.2) is 17.6 Å². The minimum atomic E-state index is -4.37. The number of alkyl halides is 6. The molecule has 4 rings (SSSR count). The summed E-state index contributed by atoms with van der Waals surface area (Å²) in [6, 6.07) is 16.6. The van der Waals surface area contributed by atoms with Gasteiger partial charge in [-0.3, -0.25) is 4.79 Å². The standard InChI is InChI=1S/2C10H10F3NO.C9H9F2NO.C8H6F2O/c1-7(14-15-2)8-4-3-5-9(6-8)10(11,12)13;1-7(14-15-2)8-5-3-4-6-9(8)10(11,12)13;1-6(12-13-2)7-3-4-8(10)9(11)5-7;1-5(11)7-3-2-6(9)4-8(7)10/h2*3-6H,1-2H3;3-5H,1-2H3;2-4H,1H3. The minimum Gasteiger partial charge on any atom is -0.399 e. The highest BCUT2D eigenvalue weighted by atomic mass is 19.4. The summed E-state index contributed by atoms with van der Waals surface area (Å²) in [5, 5.41) is 10.6. The molecule has 0 atom stereocenters. The van der Waals surface area contributed by atoms with Crippen molar-refractivity contribution in [1.82, 2.24) is 0 Å². The van der Waals surface area contributed by atoms with Crippen LogP contribution in [0.25, 0.3) is 0 Å². The molecule has 4 aromatic rings. The van der Waals surface area contributed by atoms with Gasteiger partial charge in [0.1, 0.15) is 33.0 Å². The molecular formula is C37H35F10N3O4. The summed E-state index contributed by atoms with van der Waals surface area (Å²) in [4.78, 5) is 24.1. The molecule has 0 aliphatic carbocycles. The van der Waals surface area contributed by atoms with Crippen LogP contribution in [-0.4, -0.2) is 44.2 Å². The zero-order valence-corrected chi connectivity index (χ0v) is 29.8. The van der Waals surface area contributed by atoms with E-state index in [0.29, 0.717) is 28.6 Å². The Bertz CT molecular complexity index is 1920. The van der Waals surface area contributed by atoms with E-state index in [-0.39, 0.29) is 16.8 Å². The second kappa shape index (κ2) is 21.7. The number of oxime groups is 3. The predicted octanol–water partition coefficient (Wildman–Crippen LogP) is 10.7. The number of benzene rings is 4. The quantitative estimate of drug-likeness (QED) is 0.0810. The maximum absolute atomic E-state index is 12.7. The predicted molar refractivity (Wildman–Crippen MR) is 183 cm³/mol. The largest absolute Gasteiger partial charge is 0.417 e. The number of carbonyl (C=O) groups is 1. The average molecular weight is 776 g/mol. The van der Waals surface area contributed by atoms with Crippen LogP contribution in [0.4, 0.5) is 43.9 Å². The Morgan fingerprint density at radius 2 is 1.06 bits per heavy atom. The van der Waals surface area contributed by atoms with Crippen molar-refractivity contribution < 1.29 is 63.2 Å². The number of ketones is 1. The Labute approximate surface area is 304 Å². The van der Waals surface area contributed by atoms with Crippen LogP contribution in [0.5, 0.6) is 0 Å². The summed E-state index contributed by atoms with van der Waals surface area (Å²) >= 11 is 0. The van der Waals surface area contributed by atoms with E-state index >= 15 is 0 Å². The molecule has 0 aliphatic rings. The first-order chi connectivity index (χ1) is 25.2. The van der Waals surface area contributed by atoms with Crippen molar-refractivity contribution in [2.24, 2.45) is 15.5 Å². The van der Waals surface area contributed by atoms with E-state index in [9.17, 15) is 48.7 Å². The lowest BCUT2D eigenvalue weighted by Crippen LogP contribution is -2.11. The van der Waals surface area contributed by atoms with Gasteiger partial charge in [-0.05, 0) is 81.8 Å². The van der Waals surface area contributed by atoms with Crippen LogP contribution in [0.1, 0.15) is 65.9 Å². The summed E-state index contributed by atoms with van der Waals surface area (Å²) in [7, 11) is 4.03. The fraction of sp³-hybridized carbons (Fsp3) is 0.243. The molecule has 17 heteroatoms. The SMILES string of the molecule is CC(=O)c1ccc(F)cc1F.CON=C(C)c1ccc(F)c(F)c1.CON=C(C)c1cccc(C(F)(F)F)c1.CON=C(C)c1ccccc1C(F)(F)F. The first-order valence-corrected chi connectivity index (χ1v) is 15.2. The van der Waals surface area contributed by atoms with E-state index in [1.807, 2.05) is 0 Å². The first kappa shape index (κ1) is 46.3. The minimum absolute atomic E-state index is 0.0341. The average Bonchev–Trinajstić information content (AvgIpc) is 3.10. The molecule has 0 aromatic heterocycles. The third-order valence-electron chi connectivity index (χ3n) is 6.56. The van der Waals surface area contributed by atoms with Crippen LogP contribution in [0.3, 0.4) is 0 Å². The molecule has 0 saturated carbocycles. The number of rotatable bonds is 7. The molecule has 0 aliphatic heterocycles. The van der Waals surface area contributed by atoms with Gasteiger partial charge in [0, 0.05) is 17.2 Å². The highest BCUT2D eigenvalue weighted by Gasteiger charge is 2.33. The molecule has 0 spiro atoms. The topological polar surface area (TPSA) is 81.8 Å². The molecule has 4 aromatic carbocycles. The molecule has 292 valence electrons. The number of carbonyl (C=O) groups excluding carboxylic acids is 1. The number of hydrogen-bond donors (Lipinski definition) is 0. The van der Waals surface area contributed by atoms with Crippen LogP contribution >= 0.6 is 0 Å². The molecule has 0 bridgehead atoms. The Kier molecular flexibility index (Phi) is 18.6. The van der Waals surface area contributed by atoms with Gasteiger partial charge in [-0.15, -0.1) is 0 Å². The molecule has 0 saturated heterocycles. The van der Waals surface area contributed by atoms with Gasteiger partial charge in [-0.2, -0.15) is 26.3 Å². The fourth-order valence-electron chi connectivity index (χ4n) is 4.03. The smallest absolute Gasteiger partial charge is 0.399 e. The molecule has 0 radical (unpaired) electrons. The van der Waals surface area contributed by atoms with Gasteiger partial charge in [0.2, 0.25) is 0 Å². The summed E-state index contributed by atoms with van der Waals surface area (Å²) in [6.45, 7) is 5.93. The van der Waals surface area contributed by atoms with Crippen LogP contribution in [0.2, 0.25) is 0 Å². The number of Topliss-reactive ketones (excluding diaryl/α,β-unsaturated/α-hetero) is 1. The second-order valence-electron chi connectivity index (χ2n) is 10.5. The van der Waals surface area contributed by atoms with Crippen molar-refractivity contribution >= 4 is 22.9 Å². The summed E-state index contributed by atoms with van der Waals surface area (Å²) in [5.41, 5.74) is 0.565. The lowest BCUT2D eigenvalue weighted by Gasteiger charge is -2.11. The zero-order chi connectivity index (χ0) is 41.2. The van der Waals surface area contributed by atoms with Crippen LogP contribution in [0, 0.1) is 23.3 Å². The summed E-state index contributed by atoms with van der Waals surface area (Å²) in [6.07, 6.45) is -8.70. The van der Waals surface area contributed by atoms with E-state index < -0.39 is 52.5 Å². The number of nitrogens with zero attached hydrogens (tertiary/aromatic N) is 3. The van der Waals surface area contributed by atoms with Gasteiger partial charge in [0.25, 0.3) is 0 Å². The first-order valence-electron chi connectivity index (χ1n) is 15.2. The molecule has 7 nitrogen and oxygen atoms in total. The van der Waals surface area contributed by atoms with Gasteiger partial charge >= 0.3 is 12.4 Å².